The van der Waals surface area contributed by atoms with E-state index in [1.54, 1.807) is 91.0 Å². The summed E-state index contributed by atoms with van der Waals surface area (Å²) in [4.78, 5) is 26.1. The third-order valence-electron chi connectivity index (χ3n) is 7.86. The monoisotopic (exact) mass is 722 g/mol. The number of hydrogen-bond donors (Lipinski definition) is 0. The maximum absolute atomic E-state index is 13.2. The first-order chi connectivity index (χ1) is 25.4. The number of hydrogen-bond acceptors (Lipinski definition) is 6. The summed E-state index contributed by atoms with van der Waals surface area (Å²) in [5.74, 6) is 4.73. The van der Waals surface area contributed by atoms with Crippen LogP contribution in [0.2, 0.25) is 10.0 Å². The Balaban J connectivity index is 0.906. The van der Waals surface area contributed by atoms with Crippen molar-refractivity contribution in [3.8, 4) is 46.0 Å². The molecule has 0 aliphatic heterocycles. The van der Waals surface area contributed by atoms with E-state index in [1.807, 2.05) is 78.9 Å². The molecule has 0 aromatic heterocycles. The lowest BCUT2D eigenvalue weighted by Crippen LogP contribution is -2.02. The van der Waals surface area contributed by atoms with Gasteiger partial charge >= 0.3 is 0 Å². The lowest BCUT2D eigenvalue weighted by atomic mass is 10.0. The van der Waals surface area contributed by atoms with Crippen molar-refractivity contribution in [2.45, 2.75) is 0 Å². The number of benzene rings is 7. The standard InChI is InChI=1S/C44H28Cl2O6/c45-32-12-27-42(46)41(28-32)44(48)31-10-17-36(18-11-31)50-34-13-6-29(7-14-34)43(47)30-8-15-35(16-9-30)51-38-23-25-40(26-24-38)52-39-21-19-37(20-22-39)49-33-4-2-1-3-5-33/h1-28H. The summed E-state index contributed by atoms with van der Waals surface area (Å²) in [5, 5.41) is 0.760. The summed E-state index contributed by atoms with van der Waals surface area (Å²) >= 11 is 12.2. The average Bonchev–Trinajstić information content (AvgIpc) is 3.18. The molecular formula is C44H28Cl2O6. The van der Waals surface area contributed by atoms with Gasteiger partial charge in [-0.05, 0) is 152 Å². The molecule has 0 spiro atoms. The molecule has 0 saturated heterocycles. The summed E-state index contributed by atoms with van der Waals surface area (Å²) in [6, 6.07) is 49.6. The molecule has 0 atom stereocenters. The Morgan fingerprint density at radius 3 is 1.02 bits per heavy atom. The quantitative estimate of drug-likeness (QED) is 0.117. The zero-order chi connectivity index (χ0) is 35.9. The third-order valence-corrected chi connectivity index (χ3v) is 8.42. The minimum absolute atomic E-state index is 0.137. The summed E-state index contributed by atoms with van der Waals surface area (Å²) in [6.45, 7) is 0. The van der Waals surface area contributed by atoms with Gasteiger partial charge in [-0.3, -0.25) is 9.59 Å². The van der Waals surface area contributed by atoms with Crippen molar-refractivity contribution in [1.29, 1.82) is 0 Å². The number of halogens is 2. The molecule has 7 aromatic carbocycles. The van der Waals surface area contributed by atoms with Crippen LogP contribution in [0.5, 0.6) is 46.0 Å². The van der Waals surface area contributed by atoms with Gasteiger partial charge < -0.3 is 18.9 Å². The Bertz CT molecular complexity index is 2310. The summed E-state index contributed by atoms with van der Waals surface area (Å²) in [6.07, 6.45) is 0. The van der Waals surface area contributed by atoms with Crippen molar-refractivity contribution >= 4 is 34.8 Å². The highest BCUT2D eigenvalue weighted by molar-refractivity contribution is 6.36. The van der Waals surface area contributed by atoms with Crippen LogP contribution in [0.1, 0.15) is 31.8 Å². The molecule has 0 aliphatic carbocycles. The lowest BCUT2D eigenvalue weighted by Gasteiger charge is -2.10. The molecule has 8 heteroatoms. The largest absolute Gasteiger partial charge is 0.457 e. The Morgan fingerprint density at radius 2 is 0.654 bits per heavy atom. The molecule has 0 radical (unpaired) electrons. The molecule has 0 amide bonds. The highest BCUT2D eigenvalue weighted by Gasteiger charge is 2.14. The van der Waals surface area contributed by atoms with Crippen LogP contribution in [-0.4, -0.2) is 11.6 Å². The van der Waals surface area contributed by atoms with E-state index in [-0.39, 0.29) is 11.6 Å². The van der Waals surface area contributed by atoms with Crippen molar-refractivity contribution in [3.63, 3.8) is 0 Å². The van der Waals surface area contributed by atoms with E-state index in [4.69, 9.17) is 42.1 Å². The van der Waals surface area contributed by atoms with Gasteiger partial charge in [-0.1, -0.05) is 41.4 Å². The summed E-state index contributed by atoms with van der Waals surface area (Å²) < 4.78 is 23.7. The zero-order valence-electron chi connectivity index (χ0n) is 27.4. The molecular weight excluding hydrogens is 695 g/mol. The second kappa shape index (κ2) is 15.7. The first-order valence-electron chi connectivity index (χ1n) is 16.2. The summed E-state index contributed by atoms with van der Waals surface area (Å²) in [7, 11) is 0. The van der Waals surface area contributed by atoms with Gasteiger partial charge in [-0.15, -0.1) is 0 Å². The molecule has 0 bridgehead atoms. The van der Waals surface area contributed by atoms with Crippen molar-refractivity contribution in [2.75, 3.05) is 0 Å². The highest BCUT2D eigenvalue weighted by atomic mass is 35.5. The van der Waals surface area contributed by atoms with Crippen LogP contribution in [0.25, 0.3) is 0 Å². The first-order valence-corrected chi connectivity index (χ1v) is 16.9. The molecule has 0 heterocycles. The fourth-order valence-electron chi connectivity index (χ4n) is 5.20. The fourth-order valence-corrected chi connectivity index (χ4v) is 5.58. The first kappa shape index (κ1) is 34.1. The number of ether oxygens (including phenoxy) is 4. The van der Waals surface area contributed by atoms with Crippen molar-refractivity contribution in [3.05, 3.63) is 202 Å². The third kappa shape index (κ3) is 8.50. The van der Waals surface area contributed by atoms with Gasteiger partial charge in [-0.25, -0.2) is 0 Å². The molecule has 52 heavy (non-hydrogen) atoms. The lowest BCUT2D eigenvalue weighted by molar-refractivity contribution is 0.103. The molecule has 7 aromatic rings. The van der Waals surface area contributed by atoms with Crippen molar-refractivity contribution in [1.82, 2.24) is 0 Å². The maximum atomic E-state index is 13.2. The van der Waals surface area contributed by atoms with Gasteiger partial charge in [0.15, 0.2) is 11.6 Å². The minimum atomic E-state index is -0.240. The fraction of sp³-hybridized carbons (Fsp3) is 0. The Morgan fingerprint density at radius 1 is 0.346 bits per heavy atom. The summed E-state index contributed by atoms with van der Waals surface area (Å²) in [5.41, 5.74) is 1.81. The number of carbonyl (C=O) groups excluding carboxylic acids is 2. The van der Waals surface area contributed by atoms with Gasteiger partial charge in [0.05, 0.1) is 5.02 Å². The molecule has 254 valence electrons. The van der Waals surface area contributed by atoms with Gasteiger partial charge in [0, 0.05) is 27.3 Å². The van der Waals surface area contributed by atoms with E-state index in [0.717, 1.165) is 11.5 Å². The Hall–Kier alpha value is -6.34. The van der Waals surface area contributed by atoms with E-state index < -0.39 is 0 Å². The Labute approximate surface area is 310 Å². The van der Waals surface area contributed by atoms with Crippen LogP contribution >= 0.6 is 23.2 Å². The molecule has 0 N–H and O–H groups in total. The van der Waals surface area contributed by atoms with Crippen LogP contribution in [-0.2, 0) is 0 Å². The smallest absolute Gasteiger partial charge is 0.194 e. The molecule has 0 fully saturated rings. The number of rotatable bonds is 12. The van der Waals surface area contributed by atoms with Crippen LogP contribution in [0, 0.1) is 0 Å². The van der Waals surface area contributed by atoms with Gasteiger partial charge in [0.2, 0.25) is 0 Å². The van der Waals surface area contributed by atoms with E-state index in [1.165, 1.54) is 0 Å². The zero-order valence-corrected chi connectivity index (χ0v) is 28.9. The van der Waals surface area contributed by atoms with E-state index in [0.29, 0.717) is 66.8 Å². The maximum Gasteiger partial charge on any atom is 0.194 e. The number of carbonyl (C=O) groups is 2. The average molecular weight is 724 g/mol. The van der Waals surface area contributed by atoms with Crippen LogP contribution in [0.4, 0.5) is 0 Å². The molecule has 7 rings (SSSR count). The predicted octanol–water partition coefficient (Wildman–Crippen LogP) is 12.6. The molecule has 0 saturated carbocycles. The number of ketones is 2. The molecule has 0 unspecified atom stereocenters. The topological polar surface area (TPSA) is 71.1 Å². The number of para-hydroxylation sites is 1. The normalized spacial score (nSPS) is 10.7. The van der Waals surface area contributed by atoms with Gasteiger partial charge in [0.1, 0.15) is 46.0 Å². The van der Waals surface area contributed by atoms with Crippen LogP contribution < -0.4 is 18.9 Å². The second-order valence-electron chi connectivity index (χ2n) is 11.5. The molecule has 6 nitrogen and oxygen atoms in total. The predicted molar refractivity (Wildman–Crippen MR) is 202 cm³/mol. The van der Waals surface area contributed by atoms with Gasteiger partial charge in [0.25, 0.3) is 0 Å². The Kier molecular flexibility index (Phi) is 10.3. The van der Waals surface area contributed by atoms with Crippen molar-refractivity contribution < 1.29 is 28.5 Å². The van der Waals surface area contributed by atoms with Crippen LogP contribution in [0.15, 0.2) is 170 Å². The van der Waals surface area contributed by atoms with E-state index in [2.05, 4.69) is 0 Å². The molecule has 0 aliphatic rings. The second-order valence-corrected chi connectivity index (χ2v) is 12.4. The SMILES string of the molecule is O=C(c1ccc(Oc2ccc(Oc3ccc(Oc4ccccc4)cc3)cc2)cc1)c1ccc(Oc2ccc(C(=O)c3cc(Cl)ccc3Cl)cc2)cc1. The van der Waals surface area contributed by atoms with Crippen molar-refractivity contribution in [2.24, 2.45) is 0 Å². The van der Waals surface area contributed by atoms with Gasteiger partial charge in [-0.2, -0.15) is 0 Å². The highest BCUT2D eigenvalue weighted by Crippen LogP contribution is 2.30. The minimum Gasteiger partial charge on any atom is -0.457 e. The van der Waals surface area contributed by atoms with E-state index >= 15 is 0 Å². The van der Waals surface area contributed by atoms with E-state index in [9.17, 15) is 9.59 Å². The van der Waals surface area contributed by atoms with Crippen LogP contribution in [0.3, 0.4) is 0 Å².